The summed E-state index contributed by atoms with van der Waals surface area (Å²) < 4.78 is 22.9. The van der Waals surface area contributed by atoms with Crippen LogP contribution in [0.25, 0.3) is 0 Å². The molecule has 0 spiro atoms. The van der Waals surface area contributed by atoms with Gasteiger partial charge >= 0.3 is 5.97 Å². The molecule has 0 aliphatic heterocycles. The number of carbonyl (C=O) groups is 2. The zero-order valence-corrected chi connectivity index (χ0v) is 8.95. The highest BCUT2D eigenvalue weighted by Crippen LogP contribution is 2.23. The van der Waals surface area contributed by atoms with Gasteiger partial charge in [-0.25, -0.2) is 9.18 Å². The van der Waals surface area contributed by atoms with Crippen LogP contribution >= 0.6 is 0 Å². The lowest BCUT2D eigenvalue weighted by atomic mass is 10.1. The first-order valence-electron chi connectivity index (χ1n) is 4.63. The Bertz CT molecular complexity index is 415. The van der Waals surface area contributed by atoms with Crippen molar-refractivity contribution in [3.63, 3.8) is 0 Å². The van der Waals surface area contributed by atoms with Gasteiger partial charge < -0.3 is 9.47 Å². The number of halogens is 1. The Kier molecular flexibility index (Phi) is 3.99. The highest BCUT2D eigenvalue weighted by atomic mass is 19.1. The van der Waals surface area contributed by atoms with Crippen molar-refractivity contribution in [1.82, 2.24) is 0 Å². The molecule has 0 fully saturated rings. The summed E-state index contributed by atoms with van der Waals surface area (Å²) in [5.74, 6) is -1.45. The van der Waals surface area contributed by atoms with E-state index < -0.39 is 11.8 Å². The van der Waals surface area contributed by atoms with E-state index in [1.54, 1.807) is 6.92 Å². The van der Waals surface area contributed by atoms with Crippen LogP contribution in [0, 0.1) is 5.82 Å². The molecule has 0 aromatic heterocycles. The van der Waals surface area contributed by atoms with Crippen LogP contribution < -0.4 is 4.74 Å². The Balaban J connectivity index is 3.27. The van der Waals surface area contributed by atoms with Crippen molar-refractivity contribution >= 4 is 12.3 Å². The number of rotatable bonds is 4. The Morgan fingerprint density at radius 3 is 2.69 bits per heavy atom. The van der Waals surface area contributed by atoms with Crippen LogP contribution in [-0.2, 0) is 4.74 Å². The predicted octanol–water partition coefficient (Wildman–Crippen LogP) is 1.82. The van der Waals surface area contributed by atoms with E-state index >= 15 is 0 Å². The molecule has 0 saturated heterocycles. The quantitative estimate of drug-likeness (QED) is 0.580. The topological polar surface area (TPSA) is 52.6 Å². The van der Waals surface area contributed by atoms with Gasteiger partial charge in [-0.2, -0.15) is 0 Å². The van der Waals surface area contributed by atoms with E-state index in [2.05, 4.69) is 4.74 Å². The lowest BCUT2D eigenvalue weighted by Gasteiger charge is -2.08. The molecule has 0 heterocycles. The molecule has 4 nitrogen and oxygen atoms in total. The molecule has 0 radical (unpaired) electrons. The molecule has 0 atom stereocenters. The molecule has 0 N–H and O–H groups in total. The number of hydrogen-bond donors (Lipinski definition) is 0. The van der Waals surface area contributed by atoms with Crippen molar-refractivity contribution in [2.24, 2.45) is 0 Å². The van der Waals surface area contributed by atoms with Crippen LogP contribution in [0.15, 0.2) is 12.1 Å². The molecule has 16 heavy (non-hydrogen) atoms. The third-order valence-electron chi connectivity index (χ3n) is 1.93. The lowest BCUT2D eigenvalue weighted by Crippen LogP contribution is -2.06. The van der Waals surface area contributed by atoms with Crippen LogP contribution in [0.5, 0.6) is 5.75 Å². The fraction of sp³-hybridized carbons (Fsp3) is 0.273. The molecular weight excluding hydrogens is 215 g/mol. The second-order valence-corrected chi connectivity index (χ2v) is 2.91. The number of ether oxygens (including phenoxy) is 2. The Morgan fingerprint density at radius 1 is 1.50 bits per heavy atom. The Labute approximate surface area is 92.0 Å². The first-order chi connectivity index (χ1) is 7.63. The molecule has 5 heteroatoms. The average molecular weight is 226 g/mol. The van der Waals surface area contributed by atoms with Gasteiger partial charge in [0.05, 0.1) is 24.8 Å². The standard InChI is InChI=1S/C11H11FO4/c1-3-16-10-5-7(11(14)15-2)4-9(12)8(10)6-13/h4-6H,3H2,1-2H3. The van der Waals surface area contributed by atoms with E-state index in [0.717, 1.165) is 6.07 Å². The number of aldehydes is 1. The third kappa shape index (κ3) is 2.36. The summed E-state index contributed by atoms with van der Waals surface area (Å²) in [6.45, 7) is 1.96. The maximum absolute atomic E-state index is 13.4. The summed E-state index contributed by atoms with van der Waals surface area (Å²) in [6.07, 6.45) is 0.349. The normalized spacial score (nSPS) is 9.69. The molecule has 0 aliphatic rings. The van der Waals surface area contributed by atoms with E-state index in [-0.39, 0.29) is 23.5 Å². The maximum Gasteiger partial charge on any atom is 0.338 e. The van der Waals surface area contributed by atoms with Crippen molar-refractivity contribution < 1.29 is 23.5 Å². The first-order valence-corrected chi connectivity index (χ1v) is 4.63. The van der Waals surface area contributed by atoms with E-state index in [0.29, 0.717) is 6.29 Å². The van der Waals surface area contributed by atoms with Gasteiger partial charge in [0, 0.05) is 0 Å². The number of methoxy groups -OCH3 is 1. The largest absolute Gasteiger partial charge is 0.493 e. The van der Waals surface area contributed by atoms with Crippen LogP contribution in [0.4, 0.5) is 4.39 Å². The van der Waals surface area contributed by atoms with Gasteiger partial charge in [-0.05, 0) is 19.1 Å². The summed E-state index contributed by atoms with van der Waals surface area (Å²) in [5.41, 5.74) is -0.191. The van der Waals surface area contributed by atoms with E-state index in [1.807, 2.05) is 0 Å². The molecule has 1 aromatic rings. The SMILES string of the molecule is CCOc1cc(C(=O)OC)cc(F)c1C=O. The second-order valence-electron chi connectivity index (χ2n) is 2.91. The zero-order chi connectivity index (χ0) is 12.1. The van der Waals surface area contributed by atoms with Gasteiger partial charge in [0.1, 0.15) is 11.6 Å². The minimum absolute atomic E-state index is 0.00838. The van der Waals surface area contributed by atoms with Crippen LogP contribution in [0.1, 0.15) is 27.6 Å². The minimum atomic E-state index is -0.804. The number of hydrogen-bond acceptors (Lipinski definition) is 4. The summed E-state index contributed by atoms with van der Waals surface area (Å²) in [6, 6.07) is 2.22. The molecular formula is C11H11FO4. The van der Waals surface area contributed by atoms with E-state index in [4.69, 9.17) is 4.74 Å². The first kappa shape index (κ1) is 12.2. The Hall–Kier alpha value is -1.91. The number of esters is 1. The summed E-state index contributed by atoms with van der Waals surface area (Å²) >= 11 is 0. The maximum atomic E-state index is 13.4. The lowest BCUT2D eigenvalue weighted by molar-refractivity contribution is 0.0599. The van der Waals surface area contributed by atoms with Gasteiger partial charge in [0.25, 0.3) is 0 Å². The van der Waals surface area contributed by atoms with Gasteiger partial charge in [0.2, 0.25) is 0 Å². The average Bonchev–Trinajstić information content (AvgIpc) is 2.28. The van der Waals surface area contributed by atoms with Gasteiger partial charge in [-0.3, -0.25) is 4.79 Å². The molecule has 0 unspecified atom stereocenters. The molecule has 86 valence electrons. The van der Waals surface area contributed by atoms with Crippen molar-refractivity contribution in [3.05, 3.63) is 29.1 Å². The minimum Gasteiger partial charge on any atom is -0.493 e. The highest BCUT2D eigenvalue weighted by Gasteiger charge is 2.15. The molecule has 0 amide bonds. The molecule has 0 saturated carbocycles. The molecule has 0 bridgehead atoms. The number of carbonyl (C=O) groups excluding carboxylic acids is 2. The monoisotopic (exact) mass is 226 g/mol. The summed E-state index contributed by atoms with van der Waals surface area (Å²) in [5, 5.41) is 0. The summed E-state index contributed by atoms with van der Waals surface area (Å²) in [4.78, 5) is 21.8. The zero-order valence-electron chi connectivity index (χ0n) is 8.95. The smallest absolute Gasteiger partial charge is 0.338 e. The fourth-order valence-corrected chi connectivity index (χ4v) is 1.22. The van der Waals surface area contributed by atoms with Gasteiger partial charge in [-0.15, -0.1) is 0 Å². The van der Waals surface area contributed by atoms with Gasteiger partial charge in [-0.1, -0.05) is 0 Å². The second kappa shape index (κ2) is 5.25. The molecule has 0 aliphatic carbocycles. The number of benzene rings is 1. The van der Waals surface area contributed by atoms with Crippen LogP contribution in [-0.4, -0.2) is 26.0 Å². The van der Waals surface area contributed by atoms with Crippen molar-refractivity contribution in [2.75, 3.05) is 13.7 Å². The fourth-order valence-electron chi connectivity index (χ4n) is 1.22. The van der Waals surface area contributed by atoms with Crippen molar-refractivity contribution in [3.8, 4) is 5.75 Å². The predicted molar refractivity (Wildman–Crippen MR) is 54.3 cm³/mol. The molecule has 1 aromatic carbocycles. The third-order valence-corrected chi connectivity index (χ3v) is 1.93. The Morgan fingerprint density at radius 2 is 2.19 bits per heavy atom. The van der Waals surface area contributed by atoms with E-state index in [9.17, 15) is 14.0 Å². The van der Waals surface area contributed by atoms with Crippen LogP contribution in [0.3, 0.4) is 0 Å². The molecule has 1 rings (SSSR count). The summed E-state index contributed by atoms with van der Waals surface area (Å²) in [7, 11) is 1.19. The highest BCUT2D eigenvalue weighted by molar-refractivity contribution is 5.92. The van der Waals surface area contributed by atoms with Gasteiger partial charge in [0.15, 0.2) is 6.29 Å². The van der Waals surface area contributed by atoms with Crippen LogP contribution in [0.2, 0.25) is 0 Å². The van der Waals surface area contributed by atoms with E-state index in [1.165, 1.54) is 13.2 Å². The van der Waals surface area contributed by atoms with Crippen molar-refractivity contribution in [2.45, 2.75) is 6.92 Å². The van der Waals surface area contributed by atoms with Crippen molar-refractivity contribution in [1.29, 1.82) is 0 Å².